The zero-order valence-electron chi connectivity index (χ0n) is 13.5. The van der Waals surface area contributed by atoms with E-state index >= 15 is 0 Å². The van der Waals surface area contributed by atoms with Crippen LogP contribution in [-0.4, -0.2) is 44.0 Å². The van der Waals surface area contributed by atoms with Crippen LogP contribution in [0.4, 0.5) is 5.69 Å². The largest absolute Gasteiger partial charge is 0.495 e. The third-order valence-corrected chi connectivity index (χ3v) is 4.34. The van der Waals surface area contributed by atoms with E-state index < -0.39 is 0 Å². The fourth-order valence-electron chi connectivity index (χ4n) is 2.65. The molecule has 126 valence electrons. The highest BCUT2D eigenvalue weighted by molar-refractivity contribution is 6.32. The van der Waals surface area contributed by atoms with Crippen LogP contribution in [0, 0.1) is 5.92 Å². The monoisotopic (exact) mass is 340 g/mol. The van der Waals surface area contributed by atoms with Crippen molar-refractivity contribution >= 4 is 29.1 Å². The lowest BCUT2D eigenvalue weighted by Crippen LogP contribution is -2.40. The lowest BCUT2D eigenvalue weighted by molar-refractivity contribution is -0.132. The average Bonchev–Trinajstić information content (AvgIpc) is 2.55. The predicted octanol–water partition coefficient (Wildman–Crippen LogP) is 2.55. The molecule has 2 rings (SSSR count). The smallest absolute Gasteiger partial charge is 0.227 e. The van der Waals surface area contributed by atoms with Gasteiger partial charge in [-0.15, -0.1) is 0 Å². The summed E-state index contributed by atoms with van der Waals surface area (Å²) in [6.07, 6.45) is 1.30. The summed E-state index contributed by atoms with van der Waals surface area (Å²) in [5.74, 6) is 0.799. The van der Waals surface area contributed by atoms with Crippen molar-refractivity contribution in [2.75, 3.05) is 32.6 Å². The van der Waals surface area contributed by atoms with Crippen molar-refractivity contribution in [3.8, 4) is 11.5 Å². The molecule has 2 amide bonds. The maximum atomic E-state index is 12.4. The highest BCUT2D eigenvalue weighted by Crippen LogP contribution is 2.36. The van der Waals surface area contributed by atoms with Gasteiger partial charge in [-0.2, -0.15) is 0 Å². The molecule has 0 atom stereocenters. The summed E-state index contributed by atoms with van der Waals surface area (Å²) in [5.41, 5.74) is 0.511. The molecule has 1 aliphatic heterocycles. The van der Waals surface area contributed by atoms with Gasteiger partial charge in [0.05, 0.1) is 24.9 Å². The Kier molecular flexibility index (Phi) is 5.71. The molecular formula is C16H21ClN2O4. The lowest BCUT2D eigenvalue weighted by Gasteiger charge is -2.30. The zero-order valence-corrected chi connectivity index (χ0v) is 14.3. The first-order chi connectivity index (χ1) is 11.0. The molecule has 1 N–H and O–H groups in total. The molecule has 0 bridgehead atoms. The second kappa shape index (κ2) is 7.55. The fraction of sp³-hybridized carbons (Fsp3) is 0.500. The number of carbonyl (C=O) groups is 2. The topological polar surface area (TPSA) is 67.9 Å². The fourth-order valence-corrected chi connectivity index (χ4v) is 2.89. The Morgan fingerprint density at radius 1 is 1.17 bits per heavy atom. The maximum absolute atomic E-state index is 12.4. The summed E-state index contributed by atoms with van der Waals surface area (Å²) in [6, 6.07) is 3.25. The van der Waals surface area contributed by atoms with E-state index in [4.69, 9.17) is 21.1 Å². The number of piperidine rings is 1. The van der Waals surface area contributed by atoms with Gasteiger partial charge in [0.1, 0.15) is 11.5 Å². The number of amides is 2. The molecule has 1 fully saturated rings. The highest BCUT2D eigenvalue weighted by atomic mass is 35.5. The number of benzene rings is 1. The van der Waals surface area contributed by atoms with Crippen LogP contribution in [-0.2, 0) is 9.59 Å². The summed E-state index contributed by atoms with van der Waals surface area (Å²) >= 11 is 6.11. The number of hydrogen-bond donors (Lipinski definition) is 1. The molecular weight excluding hydrogens is 320 g/mol. The SMILES string of the molecule is COc1cc(OC)c(NC(=O)C2CCN(C(C)=O)CC2)cc1Cl. The van der Waals surface area contributed by atoms with Crippen molar-refractivity contribution in [1.29, 1.82) is 0 Å². The van der Waals surface area contributed by atoms with Crippen LogP contribution in [0.5, 0.6) is 11.5 Å². The number of nitrogens with zero attached hydrogens (tertiary/aromatic N) is 1. The number of methoxy groups -OCH3 is 2. The van der Waals surface area contributed by atoms with Gasteiger partial charge in [-0.1, -0.05) is 11.6 Å². The van der Waals surface area contributed by atoms with E-state index in [9.17, 15) is 9.59 Å². The second-order valence-corrected chi connectivity index (χ2v) is 5.86. The first-order valence-corrected chi connectivity index (χ1v) is 7.82. The van der Waals surface area contributed by atoms with Gasteiger partial charge in [0.2, 0.25) is 11.8 Å². The number of rotatable bonds is 4. The van der Waals surface area contributed by atoms with Crippen molar-refractivity contribution in [2.24, 2.45) is 5.92 Å². The van der Waals surface area contributed by atoms with E-state index in [1.165, 1.54) is 14.2 Å². The average molecular weight is 341 g/mol. The van der Waals surface area contributed by atoms with Crippen LogP contribution >= 0.6 is 11.6 Å². The van der Waals surface area contributed by atoms with Crippen LogP contribution in [0.25, 0.3) is 0 Å². The molecule has 0 aliphatic carbocycles. The van der Waals surface area contributed by atoms with Crippen LogP contribution in [0.2, 0.25) is 5.02 Å². The Labute approximate surface area is 140 Å². The summed E-state index contributed by atoms with van der Waals surface area (Å²) in [4.78, 5) is 25.5. The van der Waals surface area contributed by atoms with Gasteiger partial charge in [0.15, 0.2) is 0 Å². The number of ether oxygens (including phenoxy) is 2. The Morgan fingerprint density at radius 2 is 1.78 bits per heavy atom. The Hall–Kier alpha value is -1.95. The number of anilines is 1. The molecule has 0 radical (unpaired) electrons. The van der Waals surface area contributed by atoms with Gasteiger partial charge in [0.25, 0.3) is 0 Å². The Morgan fingerprint density at radius 3 is 2.30 bits per heavy atom. The van der Waals surface area contributed by atoms with Crippen molar-refractivity contribution in [3.05, 3.63) is 17.2 Å². The quantitative estimate of drug-likeness (QED) is 0.914. The second-order valence-electron chi connectivity index (χ2n) is 5.46. The summed E-state index contributed by atoms with van der Waals surface area (Å²) < 4.78 is 10.4. The number of nitrogens with one attached hydrogen (secondary N) is 1. The van der Waals surface area contributed by atoms with E-state index in [1.54, 1.807) is 24.0 Å². The number of halogens is 1. The molecule has 0 unspecified atom stereocenters. The molecule has 1 aromatic carbocycles. The summed E-state index contributed by atoms with van der Waals surface area (Å²) in [5, 5.41) is 3.26. The van der Waals surface area contributed by atoms with Crippen molar-refractivity contribution < 1.29 is 19.1 Å². The van der Waals surface area contributed by atoms with Gasteiger partial charge in [-0.3, -0.25) is 9.59 Å². The maximum Gasteiger partial charge on any atom is 0.227 e. The van der Waals surface area contributed by atoms with Gasteiger partial charge in [-0.05, 0) is 18.9 Å². The van der Waals surface area contributed by atoms with Gasteiger partial charge in [-0.25, -0.2) is 0 Å². The van der Waals surface area contributed by atoms with Gasteiger partial charge in [0, 0.05) is 32.0 Å². The third-order valence-electron chi connectivity index (χ3n) is 4.04. The molecule has 6 nitrogen and oxygen atoms in total. The van der Waals surface area contributed by atoms with Crippen molar-refractivity contribution in [3.63, 3.8) is 0 Å². The van der Waals surface area contributed by atoms with E-state index in [2.05, 4.69) is 5.32 Å². The molecule has 23 heavy (non-hydrogen) atoms. The zero-order chi connectivity index (χ0) is 17.0. The minimum Gasteiger partial charge on any atom is -0.495 e. The molecule has 1 saturated heterocycles. The van der Waals surface area contributed by atoms with E-state index in [0.29, 0.717) is 48.1 Å². The van der Waals surface area contributed by atoms with Crippen LogP contribution in [0.3, 0.4) is 0 Å². The lowest BCUT2D eigenvalue weighted by atomic mass is 9.96. The molecule has 1 heterocycles. The van der Waals surface area contributed by atoms with Crippen LogP contribution < -0.4 is 14.8 Å². The number of carbonyl (C=O) groups excluding carboxylic acids is 2. The Bertz CT molecular complexity index is 598. The van der Waals surface area contributed by atoms with Crippen LogP contribution in [0.1, 0.15) is 19.8 Å². The minimum absolute atomic E-state index is 0.0486. The first kappa shape index (κ1) is 17.4. The molecule has 1 aliphatic rings. The van der Waals surface area contributed by atoms with Crippen molar-refractivity contribution in [1.82, 2.24) is 4.90 Å². The van der Waals surface area contributed by atoms with E-state index in [0.717, 1.165) is 0 Å². The van der Waals surface area contributed by atoms with E-state index in [1.807, 2.05) is 0 Å². The highest BCUT2D eigenvalue weighted by Gasteiger charge is 2.26. The normalized spacial score (nSPS) is 15.2. The number of likely N-dealkylation sites (tertiary alicyclic amines) is 1. The molecule has 0 saturated carbocycles. The third kappa shape index (κ3) is 4.07. The molecule has 0 spiro atoms. The van der Waals surface area contributed by atoms with Gasteiger partial charge < -0.3 is 19.7 Å². The standard InChI is InChI=1S/C16H21ClN2O4/c1-10(20)19-6-4-11(5-7-19)16(21)18-13-8-12(17)14(22-2)9-15(13)23-3/h8-9,11H,4-7H2,1-3H3,(H,18,21). The minimum atomic E-state index is -0.129. The molecule has 7 heteroatoms. The summed E-state index contributed by atoms with van der Waals surface area (Å²) in [6.45, 7) is 2.76. The predicted molar refractivity (Wildman–Crippen MR) is 88.2 cm³/mol. The van der Waals surface area contributed by atoms with Crippen molar-refractivity contribution in [2.45, 2.75) is 19.8 Å². The van der Waals surface area contributed by atoms with E-state index in [-0.39, 0.29) is 17.7 Å². The Balaban J connectivity index is 2.06. The molecule has 0 aromatic heterocycles. The first-order valence-electron chi connectivity index (χ1n) is 7.44. The number of hydrogen-bond acceptors (Lipinski definition) is 4. The van der Waals surface area contributed by atoms with Gasteiger partial charge >= 0.3 is 0 Å². The molecule has 1 aromatic rings. The summed E-state index contributed by atoms with van der Waals surface area (Å²) in [7, 11) is 3.03. The van der Waals surface area contributed by atoms with Crippen LogP contribution in [0.15, 0.2) is 12.1 Å².